The van der Waals surface area contributed by atoms with Gasteiger partial charge in [-0.2, -0.15) is 13.2 Å². The number of nitrogens with one attached hydrogen (secondary N) is 2. The molecule has 148 valence electrons. The predicted octanol–water partition coefficient (Wildman–Crippen LogP) is 2.14. The minimum Gasteiger partial charge on any atom is -0.355 e. The standard InChI is InChI=1S/C16H30F3N5.HI/c1-13-3-7-23(8-4-13)10-6-21-15(20-2)22-14-5-9-24(11-14)12-16(17,18)19;/h13-14H,3-12H2,1-2H3,(H2,20,21,22);1H. The van der Waals surface area contributed by atoms with Crippen LogP contribution in [0.1, 0.15) is 26.2 Å². The molecular formula is C16H31F3IN5. The first kappa shape index (κ1) is 22.8. The second-order valence-corrected chi connectivity index (χ2v) is 7.00. The number of hydrogen-bond acceptors (Lipinski definition) is 3. The smallest absolute Gasteiger partial charge is 0.355 e. The summed E-state index contributed by atoms with van der Waals surface area (Å²) >= 11 is 0. The third-order valence-electron chi connectivity index (χ3n) is 4.84. The number of aliphatic imine (C=N–C) groups is 1. The lowest BCUT2D eigenvalue weighted by Crippen LogP contribution is -2.47. The molecule has 2 N–H and O–H groups in total. The number of halogens is 4. The van der Waals surface area contributed by atoms with Crippen molar-refractivity contribution in [3.05, 3.63) is 0 Å². The zero-order valence-corrected chi connectivity index (χ0v) is 17.4. The molecule has 2 heterocycles. The van der Waals surface area contributed by atoms with Gasteiger partial charge in [0.05, 0.1) is 6.54 Å². The number of alkyl halides is 3. The first-order valence-corrected chi connectivity index (χ1v) is 8.84. The Morgan fingerprint density at radius 3 is 2.36 bits per heavy atom. The third kappa shape index (κ3) is 8.76. The van der Waals surface area contributed by atoms with Gasteiger partial charge in [-0.05, 0) is 38.3 Å². The molecule has 0 aromatic rings. The van der Waals surface area contributed by atoms with Crippen LogP contribution in [0.3, 0.4) is 0 Å². The molecule has 0 aromatic heterocycles. The van der Waals surface area contributed by atoms with Gasteiger partial charge in [0.1, 0.15) is 0 Å². The summed E-state index contributed by atoms with van der Waals surface area (Å²) in [6.07, 6.45) is -0.907. The molecule has 1 atom stereocenters. The fourth-order valence-electron chi connectivity index (χ4n) is 3.35. The quantitative estimate of drug-likeness (QED) is 0.362. The lowest BCUT2D eigenvalue weighted by molar-refractivity contribution is -0.143. The van der Waals surface area contributed by atoms with Crippen molar-refractivity contribution in [1.29, 1.82) is 0 Å². The summed E-state index contributed by atoms with van der Waals surface area (Å²) in [6, 6.07) is 0.0226. The van der Waals surface area contributed by atoms with Gasteiger partial charge < -0.3 is 15.5 Å². The van der Waals surface area contributed by atoms with Crippen molar-refractivity contribution < 1.29 is 13.2 Å². The van der Waals surface area contributed by atoms with E-state index in [2.05, 4.69) is 27.4 Å². The van der Waals surface area contributed by atoms with E-state index >= 15 is 0 Å². The van der Waals surface area contributed by atoms with Gasteiger partial charge in [-0.15, -0.1) is 24.0 Å². The Hall–Kier alpha value is -0.290. The van der Waals surface area contributed by atoms with Crippen LogP contribution < -0.4 is 10.6 Å². The van der Waals surface area contributed by atoms with Gasteiger partial charge >= 0.3 is 6.18 Å². The number of piperidine rings is 1. The summed E-state index contributed by atoms with van der Waals surface area (Å²) in [7, 11) is 1.69. The second-order valence-electron chi connectivity index (χ2n) is 7.00. The summed E-state index contributed by atoms with van der Waals surface area (Å²) in [5, 5.41) is 6.51. The van der Waals surface area contributed by atoms with E-state index in [9.17, 15) is 13.2 Å². The number of guanidine groups is 1. The average Bonchev–Trinajstić information content (AvgIpc) is 2.93. The molecule has 0 aliphatic carbocycles. The van der Waals surface area contributed by atoms with Gasteiger partial charge in [0.25, 0.3) is 0 Å². The molecule has 0 saturated carbocycles. The van der Waals surface area contributed by atoms with E-state index < -0.39 is 12.7 Å². The summed E-state index contributed by atoms with van der Waals surface area (Å²) in [5.74, 6) is 1.50. The molecule has 2 saturated heterocycles. The number of hydrogen-bond donors (Lipinski definition) is 2. The van der Waals surface area contributed by atoms with Crippen molar-refractivity contribution in [2.45, 2.75) is 38.4 Å². The topological polar surface area (TPSA) is 42.9 Å². The van der Waals surface area contributed by atoms with Crippen LogP contribution in [0.25, 0.3) is 0 Å². The summed E-state index contributed by atoms with van der Waals surface area (Å²) in [4.78, 5) is 8.07. The Morgan fingerprint density at radius 2 is 1.76 bits per heavy atom. The maximum Gasteiger partial charge on any atom is 0.401 e. The summed E-state index contributed by atoms with van der Waals surface area (Å²) < 4.78 is 37.3. The Bertz CT molecular complexity index is 411. The Labute approximate surface area is 165 Å². The first-order valence-electron chi connectivity index (χ1n) is 8.84. The van der Waals surface area contributed by atoms with E-state index in [0.717, 1.165) is 32.1 Å². The van der Waals surface area contributed by atoms with Crippen molar-refractivity contribution in [1.82, 2.24) is 20.4 Å². The average molecular weight is 477 g/mol. The molecule has 25 heavy (non-hydrogen) atoms. The maximum absolute atomic E-state index is 12.4. The van der Waals surface area contributed by atoms with E-state index in [-0.39, 0.29) is 30.0 Å². The normalized spacial score (nSPS) is 24.2. The highest BCUT2D eigenvalue weighted by Gasteiger charge is 2.34. The second kappa shape index (κ2) is 10.8. The molecule has 0 bridgehead atoms. The molecular weight excluding hydrogens is 446 g/mol. The monoisotopic (exact) mass is 477 g/mol. The van der Waals surface area contributed by atoms with Crippen LogP contribution in [0.5, 0.6) is 0 Å². The Morgan fingerprint density at radius 1 is 1.12 bits per heavy atom. The van der Waals surface area contributed by atoms with Gasteiger partial charge in [-0.3, -0.25) is 9.89 Å². The van der Waals surface area contributed by atoms with E-state index in [4.69, 9.17) is 0 Å². The van der Waals surface area contributed by atoms with E-state index in [1.54, 1.807) is 7.05 Å². The largest absolute Gasteiger partial charge is 0.401 e. The van der Waals surface area contributed by atoms with Crippen molar-refractivity contribution in [2.24, 2.45) is 10.9 Å². The van der Waals surface area contributed by atoms with Crippen LogP contribution >= 0.6 is 24.0 Å². The van der Waals surface area contributed by atoms with Crippen LogP contribution in [-0.2, 0) is 0 Å². The van der Waals surface area contributed by atoms with E-state index in [0.29, 0.717) is 25.5 Å². The molecule has 2 fully saturated rings. The lowest BCUT2D eigenvalue weighted by atomic mass is 9.99. The van der Waals surface area contributed by atoms with Crippen LogP contribution in [-0.4, -0.2) is 80.8 Å². The van der Waals surface area contributed by atoms with Crippen LogP contribution in [0, 0.1) is 5.92 Å². The highest BCUT2D eigenvalue weighted by molar-refractivity contribution is 14.0. The molecule has 1 unspecified atom stereocenters. The van der Waals surface area contributed by atoms with E-state index in [1.165, 1.54) is 17.7 Å². The number of nitrogens with zero attached hydrogens (tertiary/aromatic N) is 3. The molecule has 0 radical (unpaired) electrons. The molecule has 9 heteroatoms. The van der Waals surface area contributed by atoms with Gasteiger partial charge in [0, 0.05) is 39.3 Å². The zero-order valence-electron chi connectivity index (χ0n) is 15.1. The predicted molar refractivity (Wildman–Crippen MR) is 106 cm³/mol. The SMILES string of the molecule is CN=C(NCCN1CCC(C)CC1)NC1CCN(CC(F)(F)F)C1.I. The summed E-state index contributed by atoms with van der Waals surface area (Å²) in [6.45, 7) is 6.40. The molecule has 2 aliphatic heterocycles. The van der Waals surface area contributed by atoms with Crippen molar-refractivity contribution in [2.75, 3.05) is 52.9 Å². The van der Waals surface area contributed by atoms with Crippen molar-refractivity contribution in [3.63, 3.8) is 0 Å². The Balaban J connectivity index is 0.00000312. The zero-order chi connectivity index (χ0) is 17.6. The summed E-state index contributed by atoms with van der Waals surface area (Å²) in [5.41, 5.74) is 0. The van der Waals surface area contributed by atoms with Crippen LogP contribution in [0.4, 0.5) is 13.2 Å². The van der Waals surface area contributed by atoms with Crippen molar-refractivity contribution in [3.8, 4) is 0 Å². The molecule has 0 spiro atoms. The van der Waals surface area contributed by atoms with Crippen LogP contribution in [0.15, 0.2) is 4.99 Å². The highest BCUT2D eigenvalue weighted by atomic mass is 127. The third-order valence-corrected chi connectivity index (χ3v) is 4.84. The first-order chi connectivity index (χ1) is 11.4. The molecule has 2 aliphatic rings. The fraction of sp³-hybridized carbons (Fsp3) is 0.938. The fourth-order valence-corrected chi connectivity index (χ4v) is 3.35. The van der Waals surface area contributed by atoms with Gasteiger partial charge in [0.15, 0.2) is 5.96 Å². The Kier molecular flexibility index (Phi) is 9.79. The van der Waals surface area contributed by atoms with Gasteiger partial charge in [-0.25, -0.2) is 0 Å². The number of likely N-dealkylation sites (tertiary alicyclic amines) is 2. The molecule has 5 nitrogen and oxygen atoms in total. The highest BCUT2D eigenvalue weighted by Crippen LogP contribution is 2.20. The van der Waals surface area contributed by atoms with Gasteiger partial charge in [-0.1, -0.05) is 6.92 Å². The number of rotatable bonds is 5. The minimum absolute atomic E-state index is 0. The van der Waals surface area contributed by atoms with E-state index in [1.807, 2.05) is 0 Å². The maximum atomic E-state index is 12.4. The van der Waals surface area contributed by atoms with Crippen LogP contribution in [0.2, 0.25) is 0 Å². The minimum atomic E-state index is -4.12. The van der Waals surface area contributed by atoms with Crippen molar-refractivity contribution >= 4 is 29.9 Å². The lowest BCUT2D eigenvalue weighted by Gasteiger charge is -2.30. The molecule has 0 aromatic carbocycles. The molecule has 2 rings (SSSR count). The van der Waals surface area contributed by atoms with Gasteiger partial charge in [0.2, 0.25) is 0 Å². The molecule has 0 amide bonds.